The van der Waals surface area contributed by atoms with Crippen LogP contribution in [-0.4, -0.2) is 62.2 Å². The van der Waals surface area contributed by atoms with Gasteiger partial charge in [-0.15, -0.1) is 6.58 Å². The molecule has 0 unspecified atom stereocenters. The first kappa shape index (κ1) is 13.7. The fraction of sp³-hybridized carbons (Fsp3) is 0.846. The van der Waals surface area contributed by atoms with Gasteiger partial charge in [-0.1, -0.05) is 13.0 Å². The Hall–Kier alpha value is -0.380. The van der Waals surface area contributed by atoms with Gasteiger partial charge in [0.25, 0.3) is 0 Å². The third-order valence-corrected chi connectivity index (χ3v) is 3.09. The van der Waals surface area contributed by atoms with E-state index in [0.717, 1.165) is 13.1 Å². The number of hydrogen-bond acceptors (Lipinski definition) is 3. The van der Waals surface area contributed by atoms with Gasteiger partial charge in [0.2, 0.25) is 0 Å². The molecule has 0 atom stereocenters. The number of rotatable bonds is 7. The Balaban J connectivity index is 2.20. The predicted molar refractivity (Wildman–Crippen MR) is 70.9 cm³/mol. The van der Waals surface area contributed by atoms with Crippen LogP contribution in [-0.2, 0) is 0 Å². The van der Waals surface area contributed by atoms with Gasteiger partial charge in [-0.25, -0.2) is 0 Å². The van der Waals surface area contributed by atoms with E-state index in [1.54, 1.807) is 0 Å². The Morgan fingerprint density at radius 2 is 2.19 bits per heavy atom. The van der Waals surface area contributed by atoms with Gasteiger partial charge >= 0.3 is 0 Å². The fourth-order valence-electron chi connectivity index (χ4n) is 2.20. The van der Waals surface area contributed by atoms with Crippen LogP contribution in [0.2, 0.25) is 0 Å². The van der Waals surface area contributed by atoms with Gasteiger partial charge in [0.1, 0.15) is 0 Å². The second-order valence-electron chi connectivity index (χ2n) is 4.53. The van der Waals surface area contributed by atoms with Crippen molar-refractivity contribution >= 4 is 0 Å². The van der Waals surface area contributed by atoms with E-state index in [9.17, 15) is 0 Å². The maximum atomic E-state index is 3.83. The van der Waals surface area contributed by atoms with Crippen LogP contribution in [0.5, 0.6) is 0 Å². The molecule has 1 rings (SSSR count). The molecule has 1 aliphatic rings. The van der Waals surface area contributed by atoms with Gasteiger partial charge in [0.15, 0.2) is 0 Å². The Kier molecular flexibility index (Phi) is 7.47. The van der Waals surface area contributed by atoms with Crippen molar-refractivity contribution in [3.63, 3.8) is 0 Å². The Morgan fingerprint density at radius 3 is 2.94 bits per heavy atom. The Labute approximate surface area is 100 Å². The molecule has 0 spiro atoms. The molecule has 1 N–H and O–H groups in total. The van der Waals surface area contributed by atoms with Crippen LogP contribution in [0, 0.1) is 0 Å². The van der Waals surface area contributed by atoms with Gasteiger partial charge in [0, 0.05) is 32.7 Å². The monoisotopic (exact) mass is 225 g/mol. The summed E-state index contributed by atoms with van der Waals surface area (Å²) < 4.78 is 0. The van der Waals surface area contributed by atoms with Crippen LogP contribution < -0.4 is 5.32 Å². The van der Waals surface area contributed by atoms with Crippen molar-refractivity contribution < 1.29 is 0 Å². The molecule has 0 radical (unpaired) electrons. The zero-order valence-corrected chi connectivity index (χ0v) is 10.7. The first-order chi connectivity index (χ1) is 7.86. The summed E-state index contributed by atoms with van der Waals surface area (Å²) in [6.07, 6.45) is 4.53. The minimum absolute atomic E-state index is 1.03. The Bertz CT molecular complexity index is 174. The zero-order chi connectivity index (χ0) is 11.6. The number of nitrogens with one attached hydrogen (secondary N) is 1. The molecule has 1 fully saturated rings. The molecule has 16 heavy (non-hydrogen) atoms. The molecule has 0 aromatic rings. The smallest absolute Gasteiger partial charge is 0.0161 e. The summed E-state index contributed by atoms with van der Waals surface area (Å²) in [6, 6.07) is 0. The molecule has 1 aliphatic heterocycles. The molecule has 3 nitrogen and oxygen atoms in total. The van der Waals surface area contributed by atoms with Gasteiger partial charge in [0.05, 0.1) is 0 Å². The molecule has 3 heteroatoms. The zero-order valence-electron chi connectivity index (χ0n) is 10.7. The van der Waals surface area contributed by atoms with Crippen molar-refractivity contribution in [2.24, 2.45) is 0 Å². The molecule has 0 amide bonds. The number of nitrogens with zero attached hydrogens (tertiary/aromatic N) is 2. The topological polar surface area (TPSA) is 18.5 Å². The lowest BCUT2D eigenvalue weighted by Gasteiger charge is -2.25. The minimum Gasteiger partial charge on any atom is -0.315 e. The lowest BCUT2D eigenvalue weighted by atomic mass is 10.3. The second-order valence-corrected chi connectivity index (χ2v) is 4.53. The van der Waals surface area contributed by atoms with Crippen LogP contribution in [0.25, 0.3) is 0 Å². The summed E-state index contributed by atoms with van der Waals surface area (Å²) in [5.41, 5.74) is 0. The second kappa shape index (κ2) is 8.74. The van der Waals surface area contributed by atoms with Crippen molar-refractivity contribution in [3.05, 3.63) is 12.7 Å². The van der Waals surface area contributed by atoms with Gasteiger partial charge < -0.3 is 10.2 Å². The van der Waals surface area contributed by atoms with Crippen LogP contribution in [0.3, 0.4) is 0 Å². The van der Waals surface area contributed by atoms with Crippen LogP contribution >= 0.6 is 0 Å². The maximum absolute atomic E-state index is 3.83. The quantitative estimate of drug-likeness (QED) is 0.656. The summed E-state index contributed by atoms with van der Waals surface area (Å²) in [4.78, 5) is 5.07. The van der Waals surface area contributed by atoms with Gasteiger partial charge in [-0.2, -0.15) is 0 Å². The van der Waals surface area contributed by atoms with E-state index < -0.39 is 0 Å². The maximum Gasteiger partial charge on any atom is 0.0161 e. The lowest BCUT2D eigenvalue weighted by Crippen LogP contribution is -2.37. The third kappa shape index (κ3) is 5.64. The normalized spacial score (nSPS) is 18.6. The SMILES string of the molecule is C=CCN(CCC)CCN1CCCNCC1. The Morgan fingerprint density at radius 1 is 1.31 bits per heavy atom. The average Bonchev–Trinajstić information content (AvgIpc) is 2.55. The standard InChI is InChI=1S/C13H27N3/c1-3-8-15(9-4-2)12-13-16-10-5-6-14-7-11-16/h3,14H,1,4-13H2,2H3. The van der Waals surface area contributed by atoms with E-state index in [2.05, 4.69) is 28.6 Å². The minimum atomic E-state index is 1.03. The molecule has 0 bridgehead atoms. The molecular formula is C13H27N3. The molecule has 1 heterocycles. The highest BCUT2D eigenvalue weighted by atomic mass is 15.2. The summed E-state index contributed by atoms with van der Waals surface area (Å²) in [6.45, 7) is 15.5. The van der Waals surface area contributed by atoms with E-state index in [0.29, 0.717) is 0 Å². The van der Waals surface area contributed by atoms with Gasteiger partial charge in [-0.05, 0) is 32.5 Å². The van der Waals surface area contributed by atoms with Crippen molar-refractivity contribution in [2.45, 2.75) is 19.8 Å². The van der Waals surface area contributed by atoms with Crippen LogP contribution in [0.1, 0.15) is 19.8 Å². The summed E-state index contributed by atoms with van der Waals surface area (Å²) >= 11 is 0. The van der Waals surface area contributed by atoms with E-state index in [1.165, 1.54) is 52.1 Å². The molecule has 0 aromatic carbocycles. The van der Waals surface area contributed by atoms with Crippen molar-refractivity contribution in [1.29, 1.82) is 0 Å². The molecular weight excluding hydrogens is 198 g/mol. The van der Waals surface area contributed by atoms with Gasteiger partial charge in [-0.3, -0.25) is 4.90 Å². The lowest BCUT2D eigenvalue weighted by molar-refractivity contribution is 0.222. The van der Waals surface area contributed by atoms with E-state index >= 15 is 0 Å². The summed E-state index contributed by atoms with van der Waals surface area (Å²) in [5.74, 6) is 0. The van der Waals surface area contributed by atoms with Crippen LogP contribution in [0.4, 0.5) is 0 Å². The molecule has 94 valence electrons. The summed E-state index contributed by atoms with van der Waals surface area (Å²) in [5, 5.41) is 3.44. The predicted octanol–water partition coefficient (Wildman–Crippen LogP) is 1.18. The summed E-state index contributed by atoms with van der Waals surface area (Å²) in [7, 11) is 0. The number of hydrogen-bond donors (Lipinski definition) is 1. The average molecular weight is 225 g/mol. The van der Waals surface area contributed by atoms with Crippen molar-refractivity contribution in [3.8, 4) is 0 Å². The van der Waals surface area contributed by atoms with E-state index in [1.807, 2.05) is 6.08 Å². The van der Waals surface area contributed by atoms with Crippen molar-refractivity contribution in [1.82, 2.24) is 15.1 Å². The highest BCUT2D eigenvalue weighted by Gasteiger charge is 2.09. The third-order valence-electron chi connectivity index (χ3n) is 3.09. The highest BCUT2D eigenvalue weighted by Crippen LogP contribution is 1.98. The molecule has 1 saturated heterocycles. The van der Waals surface area contributed by atoms with Crippen LogP contribution in [0.15, 0.2) is 12.7 Å². The first-order valence-electron chi connectivity index (χ1n) is 6.63. The highest BCUT2D eigenvalue weighted by molar-refractivity contribution is 4.75. The first-order valence-corrected chi connectivity index (χ1v) is 6.63. The molecule has 0 aliphatic carbocycles. The van der Waals surface area contributed by atoms with E-state index in [4.69, 9.17) is 0 Å². The largest absolute Gasteiger partial charge is 0.315 e. The van der Waals surface area contributed by atoms with Crippen molar-refractivity contribution in [2.75, 3.05) is 52.4 Å². The van der Waals surface area contributed by atoms with E-state index in [-0.39, 0.29) is 0 Å². The fourth-order valence-corrected chi connectivity index (χ4v) is 2.20. The molecule has 0 saturated carbocycles. The molecule has 0 aromatic heterocycles.